The van der Waals surface area contributed by atoms with Crippen LogP contribution in [-0.2, 0) is 22.5 Å². The summed E-state index contributed by atoms with van der Waals surface area (Å²) in [5.41, 5.74) is 2.45. The van der Waals surface area contributed by atoms with Crippen molar-refractivity contribution in [2.24, 2.45) is 0 Å². The van der Waals surface area contributed by atoms with Crippen LogP contribution in [0.2, 0.25) is 0 Å². The van der Waals surface area contributed by atoms with Crippen LogP contribution in [-0.4, -0.2) is 36.0 Å². The number of phenols is 1. The molecule has 0 saturated heterocycles. The number of aromatic hydroxyl groups is 1. The van der Waals surface area contributed by atoms with Crippen LogP contribution in [0, 0.1) is 0 Å². The number of rotatable bonds is 8. The molecule has 9 heteroatoms. The predicted octanol–water partition coefficient (Wildman–Crippen LogP) is 3.71. The molecule has 0 aliphatic heterocycles. The van der Waals surface area contributed by atoms with E-state index in [9.17, 15) is 23.5 Å². The van der Waals surface area contributed by atoms with Gasteiger partial charge in [0.1, 0.15) is 11.3 Å². The van der Waals surface area contributed by atoms with Gasteiger partial charge in [-0.15, -0.1) is 0 Å². The van der Waals surface area contributed by atoms with Crippen molar-refractivity contribution in [2.75, 3.05) is 4.31 Å². The molecule has 0 heterocycles. The molecule has 0 saturated carbocycles. The molecule has 31 heavy (non-hydrogen) atoms. The summed E-state index contributed by atoms with van der Waals surface area (Å²) < 4.78 is 24.8. The molecule has 160 valence electrons. The van der Waals surface area contributed by atoms with Gasteiger partial charge in [-0.05, 0) is 47.4 Å². The molecule has 3 aromatic carbocycles. The van der Waals surface area contributed by atoms with Crippen molar-refractivity contribution in [3.05, 3.63) is 77.9 Å². The number of carboxylic acid groups (broad SMARTS) is 2. The number of carbonyl (C=O) groups is 2. The van der Waals surface area contributed by atoms with Crippen molar-refractivity contribution in [1.82, 2.24) is 0 Å². The number of hydrogen-bond donors (Lipinski definition) is 3. The molecule has 3 rings (SSSR count). The molecule has 0 aliphatic rings. The van der Waals surface area contributed by atoms with Gasteiger partial charge in [-0.25, -0.2) is 4.79 Å². The second-order valence-corrected chi connectivity index (χ2v) is 7.46. The zero-order valence-electron chi connectivity index (χ0n) is 16.1. The summed E-state index contributed by atoms with van der Waals surface area (Å²) >= 11 is -2.74. The number of anilines is 2. The lowest BCUT2D eigenvalue weighted by atomic mass is 10.0. The molecule has 3 aromatic rings. The summed E-state index contributed by atoms with van der Waals surface area (Å²) in [6.07, 6.45) is 0.445. The number of hydrogen-bond acceptors (Lipinski definition) is 5. The fourth-order valence-electron chi connectivity index (χ4n) is 3.08. The molecule has 0 bridgehead atoms. The summed E-state index contributed by atoms with van der Waals surface area (Å²) in [6, 6.07) is 17.5. The topological polar surface area (TPSA) is 138 Å². The van der Waals surface area contributed by atoms with Crippen LogP contribution in [0.25, 0.3) is 11.1 Å². The molecule has 0 aliphatic carbocycles. The number of aryl methyl sites for hydroxylation is 1. The standard InChI is InChI=1S/C22H19NO7S/c24-20-13-18(9-10-19(20)22(27)28)23(31(29)30)17-3-1-2-16(12-17)15-7-4-14(5-8-15)6-11-21(25)26/h1-5,7-10,12-13,24H,6,11H2,(H,25,26)(H,27,28)(H,29,30)/p-1. The van der Waals surface area contributed by atoms with E-state index in [1.165, 1.54) is 6.07 Å². The highest BCUT2D eigenvalue weighted by Crippen LogP contribution is 2.33. The van der Waals surface area contributed by atoms with Crippen LogP contribution >= 0.6 is 0 Å². The normalized spacial score (nSPS) is 11.6. The van der Waals surface area contributed by atoms with Crippen LogP contribution in [0.3, 0.4) is 0 Å². The summed E-state index contributed by atoms with van der Waals surface area (Å²) in [4.78, 5) is 21.8. The third-order valence-electron chi connectivity index (χ3n) is 4.59. The van der Waals surface area contributed by atoms with Crippen LogP contribution < -0.4 is 4.31 Å². The summed E-state index contributed by atoms with van der Waals surface area (Å²) in [7, 11) is 0. The van der Waals surface area contributed by atoms with Crippen molar-refractivity contribution in [3.63, 3.8) is 0 Å². The van der Waals surface area contributed by atoms with E-state index in [1.807, 2.05) is 24.3 Å². The Kier molecular flexibility index (Phi) is 6.68. The van der Waals surface area contributed by atoms with E-state index in [2.05, 4.69) is 0 Å². The van der Waals surface area contributed by atoms with Crippen LogP contribution in [0.1, 0.15) is 22.3 Å². The summed E-state index contributed by atoms with van der Waals surface area (Å²) in [6.45, 7) is 0. The first kappa shape index (κ1) is 22.0. The fraction of sp³-hybridized carbons (Fsp3) is 0.0909. The maximum Gasteiger partial charge on any atom is 0.339 e. The quantitative estimate of drug-likeness (QED) is 0.454. The van der Waals surface area contributed by atoms with E-state index >= 15 is 0 Å². The number of aromatic carboxylic acids is 1. The molecule has 0 radical (unpaired) electrons. The Balaban J connectivity index is 1.93. The van der Waals surface area contributed by atoms with Gasteiger partial charge in [-0.1, -0.05) is 36.4 Å². The molecule has 0 amide bonds. The van der Waals surface area contributed by atoms with Crippen LogP contribution in [0.5, 0.6) is 5.75 Å². The molecule has 8 nitrogen and oxygen atoms in total. The fourth-order valence-corrected chi connectivity index (χ4v) is 3.65. The Morgan fingerprint density at radius 1 is 0.903 bits per heavy atom. The van der Waals surface area contributed by atoms with Gasteiger partial charge >= 0.3 is 11.9 Å². The minimum Gasteiger partial charge on any atom is -0.755 e. The smallest absolute Gasteiger partial charge is 0.339 e. The van der Waals surface area contributed by atoms with Gasteiger partial charge in [0.2, 0.25) is 0 Å². The minimum absolute atomic E-state index is 0.0343. The predicted molar refractivity (Wildman–Crippen MR) is 114 cm³/mol. The molecule has 0 spiro atoms. The van der Waals surface area contributed by atoms with Crippen molar-refractivity contribution in [3.8, 4) is 16.9 Å². The van der Waals surface area contributed by atoms with Crippen LogP contribution in [0.4, 0.5) is 11.4 Å². The first-order valence-corrected chi connectivity index (χ1v) is 10.2. The number of nitrogens with zero attached hydrogens (tertiary/aromatic N) is 1. The SMILES string of the molecule is O=C(O)CCc1ccc(-c2cccc(N(c3ccc(C(=O)O)c(O)c3)S(=O)[O-])c2)cc1. The number of aliphatic carboxylic acids is 1. The Hall–Kier alpha value is -3.69. The number of carboxylic acids is 2. The zero-order chi connectivity index (χ0) is 22.5. The second kappa shape index (κ2) is 9.41. The zero-order valence-corrected chi connectivity index (χ0v) is 16.9. The van der Waals surface area contributed by atoms with E-state index in [4.69, 9.17) is 10.2 Å². The van der Waals surface area contributed by atoms with Gasteiger partial charge < -0.3 is 19.9 Å². The van der Waals surface area contributed by atoms with Gasteiger partial charge in [0, 0.05) is 12.5 Å². The van der Waals surface area contributed by atoms with Crippen molar-refractivity contribution in [2.45, 2.75) is 12.8 Å². The third-order valence-corrected chi connectivity index (χ3v) is 5.31. The minimum atomic E-state index is -2.74. The molecule has 1 unspecified atom stereocenters. The lowest BCUT2D eigenvalue weighted by Crippen LogP contribution is -2.19. The highest BCUT2D eigenvalue weighted by atomic mass is 32.2. The third kappa shape index (κ3) is 5.27. The van der Waals surface area contributed by atoms with Gasteiger partial charge in [-0.2, -0.15) is 0 Å². The average Bonchev–Trinajstić information content (AvgIpc) is 2.72. The molecular formula is C22H18NO7S-. The number of benzene rings is 3. The van der Waals surface area contributed by atoms with Crippen molar-refractivity contribution >= 4 is 34.6 Å². The summed E-state index contributed by atoms with van der Waals surface area (Å²) in [5, 5.41) is 27.8. The monoisotopic (exact) mass is 440 g/mol. The highest BCUT2D eigenvalue weighted by Gasteiger charge is 2.16. The van der Waals surface area contributed by atoms with Crippen molar-refractivity contribution < 1.29 is 33.7 Å². The van der Waals surface area contributed by atoms with Gasteiger partial charge in [-0.3, -0.25) is 13.3 Å². The maximum atomic E-state index is 11.9. The molecular weight excluding hydrogens is 422 g/mol. The van der Waals surface area contributed by atoms with Gasteiger partial charge in [0.25, 0.3) is 0 Å². The van der Waals surface area contributed by atoms with E-state index in [0.717, 1.165) is 33.1 Å². The van der Waals surface area contributed by atoms with E-state index in [0.29, 0.717) is 12.1 Å². The Bertz CT molecular complexity index is 1140. The Labute approximate surface area is 180 Å². The average molecular weight is 440 g/mol. The van der Waals surface area contributed by atoms with Gasteiger partial charge in [0.05, 0.1) is 22.6 Å². The van der Waals surface area contributed by atoms with E-state index < -0.39 is 29.0 Å². The lowest BCUT2D eigenvalue weighted by Gasteiger charge is -2.27. The highest BCUT2D eigenvalue weighted by molar-refractivity contribution is 7.81. The molecule has 1 atom stereocenters. The van der Waals surface area contributed by atoms with Crippen LogP contribution in [0.15, 0.2) is 66.7 Å². The lowest BCUT2D eigenvalue weighted by molar-refractivity contribution is -0.136. The summed E-state index contributed by atoms with van der Waals surface area (Å²) in [5.74, 6) is -2.74. The first-order chi connectivity index (χ1) is 14.8. The van der Waals surface area contributed by atoms with Crippen molar-refractivity contribution in [1.29, 1.82) is 0 Å². The Morgan fingerprint density at radius 2 is 1.58 bits per heavy atom. The molecule has 0 aromatic heterocycles. The van der Waals surface area contributed by atoms with E-state index in [-0.39, 0.29) is 17.7 Å². The van der Waals surface area contributed by atoms with E-state index in [1.54, 1.807) is 24.3 Å². The largest absolute Gasteiger partial charge is 0.755 e. The second-order valence-electron chi connectivity index (χ2n) is 6.66. The molecule has 3 N–H and O–H groups in total. The molecule has 0 fully saturated rings. The first-order valence-electron chi connectivity index (χ1n) is 9.13. The Morgan fingerprint density at radius 3 is 2.16 bits per heavy atom. The van der Waals surface area contributed by atoms with Gasteiger partial charge in [0.15, 0.2) is 0 Å². The maximum absolute atomic E-state index is 11.9.